The van der Waals surface area contributed by atoms with E-state index in [1.807, 2.05) is 25.1 Å². The Hall–Kier alpha value is -4.81. The van der Waals surface area contributed by atoms with Crippen LogP contribution < -0.4 is 29.7 Å². The van der Waals surface area contributed by atoms with Crippen molar-refractivity contribution >= 4 is 50.4 Å². The van der Waals surface area contributed by atoms with Gasteiger partial charge in [-0.25, -0.2) is 26.4 Å². The van der Waals surface area contributed by atoms with Crippen LogP contribution >= 0.6 is 0 Å². The number of fused-ring (bicyclic) bond motifs is 3. The molecule has 7 atom stereocenters. The summed E-state index contributed by atoms with van der Waals surface area (Å²) in [6.07, 6.45) is 3.02. The van der Waals surface area contributed by atoms with E-state index < -0.39 is 92.3 Å². The SMILES string of the molecule is COc1ccc2c(OC3CC4C(=O)NC5(C(=O)NS(=O)(=O)C6(CF)CC6)CC5C=CCCC(C)CC(C)C(NC(=O)OC(C)(C)C(C)(F)F)C(=O)N4C3)nc(N(C)C)cc2c1. The number of halogens is 3. The van der Waals surface area contributed by atoms with Gasteiger partial charge in [-0.3, -0.25) is 19.1 Å². The summed E-state index contributed by atoms with van der Waals surface area (Å²) >= 11 is 0. The third kappa shape index (κ3) is 9.36. The normalized spacial score (nSPS) is 28.0. The molecule has 2 aliphatic carbocycles. The Labute approximate surface area is 354 Å². The zero-order chi connectivity index (χ0) is 44.9. The molecule has 1 saturated heterocycles. The number of sulfonamides is 1. The van der Waals surface area contributed by atoms with E-state index >= 15 is 0 Å². The Morgan fingerprint density at radius 1 is 1.10 bits per heavy atom. The molecule has 6 rings (SSSR count). The Morgan fingerprint density at radius 3 is 2.43 bits per heavy atom. The van der Waals surface area contributed by atoms with Crippen LogP contribution in [0.1, 0.15) is 79.6 Å². The van der Waals surface area contributed by atoms with Crippen molar-refractivity contribution in [2.24, 2.45) is 17.8 Å². The second-order valence-electron chi connectivity index (χ2n) is 18.0. The van der Waals surface area contributed by atoms with E-state index in [-0.39, 0.29) is 44.0 Å². The first-order valence-electron chi connectivity index (χ1n) is 20.6. The largest absolute Gasteiger partial charge is 0.497 e. The lowest BCUT2D eigenvalue weighted by molar-refractivity contribution is -0.152. The van der Waals surface area contributed by atoms with Gasteiger partial charge >= 0.3 is 6.09 Å². The third-order valence-corrected chi connectivity index (χ3v) is 14.8. The van der Waals surface area contributed by atoms with Crippen LogP contribution in [0.4, 0.5) is 23.8 Å². The molecule has 2 aromatic rings. The summed E-state index contributed by atoms with van der Waals surface area (Å²) in [5, 5.41) is 6.65. The first-order valence-corrected chi connectivity index (χ1v) is 22.1. The minimum atomic E-state index is -4.45. The number of nitrogens with one attached hydrogen (secondary N) is 3. The highest BCUT2D eigenvalue weighted by Crippen LogP contribution is 2.48. The summed E-state index contributed by atoms with van der Waals surface area (Å²) in [6, 6.07) is 4.46. The lowest BCUT2D eigenvalue weighted by atomic mass is 9.88. The molecule has 3 heterocycles. The summed E-state index contributed by atoms with van der Waals surface area (Å²) < 4.78 is 86.8. The van der Waals surface area contributed by atoms with Crippen LogP contribution in [0.2, 0.25) is 0 Å². The molecule has 4 aliphatic rings. The number of aromatic nitrogens is 1. The predicted octanol–water partition coefficient (Wildman–Crippen LogP) is 5.02. The van der Waals surface area contributed by atoms with Crippen molar-refractivity contribution in [3.8, 4) is 11.6 Å². The average Bonchev–Trinajstić information content (AvgIpc) is 4.08. The van der Waals surface area contributed by atoms with Crippen LogP contribution in [0.3, 0.4) is 0 Å². The zero-order valence-electron chi connectivity index (χ0n) is 35.9. The summed E-state index contributed by atoms with van der Waals surface area (Å²) in [5.41, 5.74) is -3.99. The van der Waals surface area contributed by atoms with E-state index in [2.05, 4.69) is 15.4 Å². The number of carbonyl (C=O) groups is 4. The van der Waals surface area contributed by atoms with Gasteiger partial charge in [0, 0.05) is 38.7 Å². The molecule has 3 N–H and O–H groups in total. The van der Waals surface area contributed by atoms with E-state index in [0.717, 1.165) is 19.2 Å². The highest BCUT2D eigenvalue weighted by molar-refractivity contribution is 7.91. The van der Waals surface area contributed by atoms with Crippen LogP contribution in [0.15, 0.2) is 36.4 Å². The van der Waals surface area contributed by atoms with Gasteiger partial charge in [0.1, 0.15) is 46.7 Å². The zero-order valence-corrected chi connectivity index (χ0v) is 36.7. The fourth-order valence-corrected chi connectivity index (χ4v) is 9.45. The molecule has 15 nitrogen and oxygen atoms in total. The van der Waals surface area contributed by atoms with Crippen molar-refractivity contribution in [2.45, 2.75) is 120 Å². The van der Waals surface area contributed by atoms with Gasteiger partial charge in [0.15, 0.2) is 5.60 Å². The molecule has 19 heteroatoms. The Balaban J connectivity index is 1.38. The molecule has 1 aromatic carbocycles. The number of hydrogen-bond acceptors (Lipinski definition) is 11. The van der Waals surface area contributed by atoms with Crippen LogP contribution in [0.5, 0.6) is 11.6 Å². The summed E-state index contributed by atoms with van der Waals surface area (Å²) in [6.45, 7) is 5.04. The van der Waals surface area contributed by atoms with Crippen LogP contribution in [-0.4, -0.2) is 117 Å². The number of carbonyl (C=O) groups excluding carboxylic acids is 4. The summed E-state index contributed by atoms with van der Waals surface area (Å²) in [5.74, 6) is -5.88. The second kappa shape index (κ2) is 16.8. The van der Waals surface area contributed by atoms with Crippen molar-refractivity contribution < 1.29 is 55.0 Å². The van der Waals surface area contributed by atoms with Gasteiger partial charge in [-0.15, -0.1) is 0 Å². The van der Waals surface area contributed by atoms with Crippen molar-refractivity contribution in [3.05, 3.63) is 36.4 Å². The molecule has 3 fully saturated rings. The lowest BCUT2D eigenvalue weighted by Crippen LogP contribution is -2.60. The molecule has 336 valence electrons. The van der Waals surface area contributed by atoms with Crippen LogP contribution in [0, 0.1) is 17.8 Å². The van der Waals surface area contributed by atoms with Gasteiger partial charge in [-0.05, 0) is 93.9 Å². The number of alkyl carbamates (subject to hydrolysis) is 1. The van der Waals surface area contributed by atoms with Gasteiger partial charge in [0.2, 0.25) is 27.7 Å². The summed E-state index contributed by atoms with van der Waals surface area (Å²) in [4.78, 5) is 64.6. The number of nitrogens with zero attached hydrogens (tertiary/aromatic N) is 3. The highest BCUT2D eigenvalue weighted by Gasteiger charge is 2.64. The number of ether oxygens (including phenoxy) is 3. The molecular formula is C42H57F3N6O9S. The number of benzene rings is 1. The van der Waals surface area contributed by atoms with Gasteiger partial charge in [-0.1, -0.05) is 26.0 Å². The summed E-state index contributed by atoms with van der Waals surface area (Å²) in [7, 11) is 0.692. The maximum atomic E-state index is 14.9. The molecule has 0 radical (unpaired) electrons. The van der Waals surface area contributed by atoms with E-state index in [1.54, 1.807) is 44.1 Å². The van der Waals surface area contributed by atoms with Crippen LogP contribution in [0.25, 0.3) is 10.8 Å². The maximum Gasteiger partial charge on any atom is 0.408 e. The lowest BCUT2D eigenvalue weighted by Gasteiger charge is -2.35. The quantitative estimate of drug-likeness (QED) is 0.258. The van der Waals surface area contributed by atoms with Crippen molar-refractivity contribution in [2.75, 3.05) is 39.3 Å². The maximum absolute atomic E-state index is 14.9. The number of rotatable bonds is 11. The molecular weight excluding hydrogens is 822 g/mol. The Morgan fingerprint density at radius 2 is 1.80 bits per heavy atom. The van der Waals surface area contributed by atoms with Gasteiger partial charge in [0.25, 0.3) is 11.8 Å². The minimum Gasteiger partial charge on any atom is -0.497 e. The van der Waals surface area contributed by atoms with Crippen LogP contribution in [-0.2, 0) is 29.1 Å². The number of anilines is 1. The molecule has 4 amide bonds. The van der Waals surface area contributed by atoms with Crippen molar-refractivity contribution in [1.29, 1.82) is 0 Å². The number of alkyl halides is 3. The molecule has 2 aliphatic heterocycles. The fourth-order valence-electron chi connectivity index (χ4n) is 8.02. The Kier molecular flexibility index (Phi) is 12.6. The molecule has 61 heavy (non-hydrogen) atoms. The number of methoxy groups -OCH3 is 1. The number of hydrogen-bond donors (Lipinski definition) is 3. The topological polar surface area (TPSA) is 186 Å². The second-order valence-corrected chi connectivity index (χ2v) is 20.1. The fraction of sp³-hybridized carbons (Fsp3) is 0.643. The smallest absolute Gasteiger partial charge is 0.408 e. The number of pyridine rings is 1. The van der Waals surface area contributed by atoms with Gasteiger partial charge < -0.3 is 34.6 Å². The standard InChI is InChI=1S/C42H57F3N6O9S/c1-24-11-9-10-12-27-21-42(27,37(54)49-61(56,57)41(23-43)15-16-41)48-34(52)31-20-29(59-35-30-14-13-28(58-8)18-26(30)19-32(46-35)50(6)7)22-51(31)36(53)33(25(2)17-24)47-38(55)60-39(3,4)40(5,44)45/h10,12-14,18-19,24-25,27,29,31,33H,9,11,15-17,20-23H2,1-8H3,(H,47,55)(H,48,52)(H,49,54). The molecule has 2 saturated carbocycles. The Bertz CT molecular complexity index is 2180. The molecule has 0 spiro atoms. The number of amides is 4. The highest BCUT2D eigenvalue weighted by atomic mass is 32.2. The van der Waals surface area contributed by atoms with E-state index in [4.69, 9.17) is 19.2 Å². The van der Waals surface area contributed by atoms with Gasteiger partial charge in [0.05, 0.1) is 13.7 Å². The molecule has 0 bridgehead atoms. The first kappa shape index (κ1) is 45.7. The molecule has 7 unspecified atom stereocenters. The predicted molar refractivity (Wildman–Crippen MR) is 221 cm³/mol. The minimum absolute atomic E-state index is 0.0192. The monoisotopic (exact) mass is 878 g/mol. The number of allylic oxidation sites excluding steroid dienone is 1. The van der Waals surface area contributed by atoms with Crippen molar-refractivity contribution in [1.82, 2.24) is 25.2 Å². The van der Waals surface area contributed by atoms with E-state index in [9.17, 15) is 40.8 Å². The molecule has 1 aromatic heterocycles. The third-order valence-electron chi connectivity index (χ3n) is 12.7. The van der Waals surface area contributed by atoms with Crippen molar-refractivity contribution in [3.63, 3.8) is 0 Å². The van der Waals surface area contributed by atoms with E-state index in [1.165, 1.54) is 12.0 Å². The average molecular weight is 879 g/mol. The van der Waals surface area contributed by atoms with Gasteiger partial charge in [-0.2, -0.15) is 4.98 Å². The van der Waals surface area contributed by atoms with E-state index in [0.29, 0.717) is 43.1 Å². The first-order chi connectivity index (χ1) is 28.5.